The number of benzene rings is 1. The van der Waals surface area contributed by atoms with Gasteiger partial charge in [-0.1, -0.05) is 54.8 Å². The molecule has 0 bridgehead atoms. The lowest BCUT2D eigenvalue weighted by molar-refractivity contribution is -0.141. The van der Waals surface area contributed by atoms with Crippen molar-refractivity contribution in [1.82, 2.24) is 25.2 Å². The van der Waals surface area contributed by atoms with Gasteiger partial charge in [0, 0.05) is 37.3 Å². The highest BCUT2D eigenvalue weighted by Gasteiger charge is 2.62. The summed E-state index contributed by atoms with van der Waals surface area (Å²) in [6.45, 7) is 8.67. The number of likely N-dealkylation sites (tertiary alicyclic amines) is 1. The van der Waals surface area contributed by atoms with Crippen LogP contribution in [0.2, 0.25) is 0 Å². The molecule has 2 unspecified atom stereocenters. The second kappa shape index (κ2) is 16.0. The standard InChI is InChI=1S/C40H52FN5O9S/c1-24-16-17-33(25(2)18-24)56(52,53)44-36(49)40-20-27(40)13-9-7-6-8-10-15-31(42-37(50)55-39(3,4)5)35(48)46-22-28(19-32(46)34(47)43-40)54-38(51)45-21-26-12-11-14-30(41)29(26)23-45/h9,11-14,16-18,26-29,31-32H,6-8,10,15,19-23H2,1-5H3,(H,42,50)(H,43,47)(H,44,49)/b13-9-/t26?,27-,28-,29?,31+,32+,40-/m1/s1. The minimum absolute atomic E-state index is 0.0724. The first-order valence-corrected chi connectivity index (χ1v) is 20.8. The summed E-state index contributed by atoms with van der Waals surface area (Å²) in [4.78, 5) is 71.8. The number of allylic oxidation sites excluding steroid dienone is 3. The predicted octanol–water partition coefficient (Wildman–Crippen LogP) is 4.47. The zero-order valence-electron chi connectivity index (χ0n) is 32.5. The second-order valence-electron chi connectivity index (χ2n) is 16.6. The minimum atomic E-state index is -4.34. The lowest BCUT2D eigenvalue weighted by Gasteiger charge is -2.30. The Morgan fingerprint density at radius 1 is 1.04 bits per heavy atom. The van der Waals surface area contributed by atoms with Crippen molar-refractivity contribution in [2.45, 2.75) is 114 Å². The topological polar surface area (TPSA) is 181 Å². The SMILES string of the molecule is Cc1ccc(S(=O)(=O)NC(=O)[C@@]23C[C@H]2/C=C\CCCCC[C@H](NC(=O)OC(C)(C)C)C(=O)N2C[C@H](OC(=O)N4CC5C=CC=C(F)C5C4)C[C@H]2C(=O)N3)c(C)c1. The number of carbonyl (C=O) groups excluding carboxylic acids is 5. The number of amides is 5. The maximum atomic E-state index is 14.5. The van der Waals surface area contributed by atoms with Crippen molar-refractivity contribution in [3.63, 3.8) is 0 Å². The molecule has 5 aliphatic rings. The minimum Gasteiger partial charge on any atom is -0.444 e. The molecule has 1 saturated carbocycles. The molecule has 0 radical (unpaired) electrons. The van der Waals surface area contributed by atoms with E-state index < -0.39 is 81.1 Å². The first-order chi connectivity index (χ1) is 26.4. The molecule has 3 N–H and O–H groups in total. The molecule has 2 aliphatic carbocycles. The molecule has 304 valence electrons. The van der Waals surface area contributed by atoms with E-state index >= 15 is 0 Å². The summed E-state index contributed by atoms with van der Waals surface area (Å²) in [7, 11) is -4.34. The molecule has 0 aromatic heterocycles. The van der Waals surface area contributed by atoms with E-state index in [0.717, 1.165) is 12.0 Å². The molecule has 0 spiro atoms. The van der Waals surface area contributed by atoms with Gasteiger partial charge in [0.05, 0.1) is 11.4 Å². The molecule has 2 saturated heterocycles. The monoisotopic (exact) mass is 797 g/mol. The first-order valence-electron chi connectivity index (χ1n) is 19.3. The first kappa shape index (κ1) is 40.9. The molecule has 1 aromatic carbocycles. The number of nitrogens with one attached hydrogen (secondary N) is 3. The van der Waals surface area contributed by atoms with Gasteiger partial charge in [-0.2, -0.15) is 0 Å². The molecule has 1 aromatic rings. The molecular formula is C40H52FN5O9S. The van der Waals surface area contributed by atoms with E-state index in [1.165, 1.54) is 21.9 Å². The molecule has 5 amide bonds. The Morgan fingerprint density at radius 3 is 2.52 bits per heavy atom. The van der Waals surface area contributed by atoms with Crippen molar-refractivity contribution in [3.8, 4) is 0 Å². The van der Waals surface area contributed by atoms with Gasteiger partial charge in [-0.25, -0.2) is 27.1 Å². The molecule has 14 nitrogen and oxygen atoms in total. The Bertz CT molecular complexity index is 1960. The number of sulfonamides is 1. The number of alkyl carbamates (subject to hydrolysis) is 1. The van der Waals surface area contributed by atoms with Crippen LogP contribution in [0.15, 0.2) is 59.3 Å². The van der Waals surface area contributed by atoms with Crippen LogP contribution in [0.1, 0.15) is 76.8 Å². The van der Waals surface area contributed by atoms with Crippen LogP contribution in [-0.2, 0) is 33.9 Å². The lowest BCUT2D eigenvalue weighted by atomic mass is 9.91. The van der Waals surface area contributed by atoms with Crippen molar-refractivity contribution < 1.29 is 46.3 Å². The van der Waals surface area contributed by atoms with Crippen LogP contribution in [0, 0.1) is 31.6 Å². The molecule has 6 rings (SSSR count). The number of fused-ring (bicyclic) bond motifs is 3. The van der Waals surface area contributed by atoms with Gasteiger partial charge in [-0.3, -0.25) is 14.4 Å². The summed E-state index contributed by atoms with van der Waals surface area (Å²) < 4.78 is 55.1. The average Bonchev–Trinajstić information content (AvgIpc) is 3.40. The zero-order chi connectivity index (χ0) is 40.6. The maximum Gasteiger partial charge on any atom is 0.410 e. The largest absolute Gasteiger partial charge is 0.444 e. The number of nitrogens with zero attached hydrogens (tertiary/aromatic N) is 2. The smallest absolute Gasteiger partial charge is 0.410 e. The fraction of sp³-hybridized carbons (Fsp3) is 0.575. The molecule has 3 aliphatic heterocycles. The summed E-state index contributed by atoms with van der Waals surface area (Å²) in [6.07, 6.45) is 8.89. The van der Waals surface area contributed by atoms with E-state index in [2.05, 4.69) is 15.4 Å². The van der Waals surface area contributed by atoms with Gasteiger partial charge in [-0.05, 0) is 78.0 Å². The third kappa shape index (κ3) is 9.11. The normalized spacial score (nSPS) is 30.0. The highest BCUT2D eigenvalue weighted by molar-refractivity contribution is 7.90. The highest BCUT2D eigenvalue weighted by Crippen LogP contribution is 2.46. The Kier molecular flexibility index (Phi) is 11.7. The van der Waals surface area contributed by atoms with Crippen molar-refractivity contribution in [2.24, 2.45) is 17.8 Å². The van der Waals surface area contributed by atoms with Crippen LogP contribution in [-0.4, -0.2) is 97.1 Å². The van der Waals surface area contributed by atoms with Crippen molar-refractivity contribution in [2.75, 3.05) is 19.6 Å². The van der Waals surface area contributed by atoms with Gasteiger partial charge in [0.25, 0.3) is 15.9 Å². The number of hydrogen-bond acceptors (Lipinski definition) is 9. The quantitative estimate of drug-likeness (QED) is 0.363. The maximum absolute atomic E-state index is 14.5. The Hall–Kier alpha value is -4.73. The molecule has 3 heterocycles. The number of ether oxygens (including phenoxy) is 2. The van der Waals surface area contributed by atoms with Crippen LogP contribution in [0.4, 0.5) is 14.0 Å². The fourth-order valence-corrected chi connectivity index (χ4v) is 9.35. The van der Waals surface area contributed by atoms with Crippen molar-refractivity contribution >= 4 is 39.9 Å². The van der Waals surface area contributed by atoms with E-state index in [0.29, 0.717) is 24.8 Å². The second-order valence-corrected chi connectivity index (χ2v) is 18.3. The fourth-order valence-electron chi connectivity index (χ4n) is 8.08. The van der Waals surface area contributed by atoms with E-state index in [1.807, 2.05) is 19.1 Å². The van der Waals surface area contributed by atoms with Crippen LogP contribution >= 0.6 is 0 Å². The Balaban J connectivity index is 1.27. The number of halogens is 1. The lowest BCUT2D eigenvalue weighted by Crippen LogP contribution is -2.58. The summed E-state index contributed by atoms with van der Waals surface area (Å²) in [6, 6.07) is 2.38. The van der Waals surface area contributed by atoms with Gasteiger partial charge in [0.1, 0.15) is 35.2 Å². The van der Waals surface area contributed by atoms with Gasteiger partial charge >= 0.3 is 12.2 Å². The van der Waals surface area contributed by atoms with Gasteiger partial charge < -0.3 is 29.9 Å². The summed E-state index contributed by atoms with van der Waals surface area (Å²) in [5.41, 5.74) is -1.20. The van der Waals surface area contributed by atoms with Crippen LogP contribution in [0.25, 0.3) is 0 Å². The Morgan fingerprint density at radius 2 is 1.80 bits per heavy atom. The van der Waals surface area contributed by atoms with Crippen molar-refractivity contribution in [1.29, 1.82) is 0 Å². The number of carbonyl (C=O) groups is 5. The van der Waals surface area contributed by atoms with Gasteiger partial charge in [0.15, 0.2) is 0 Å². The molecule has 56 heavy (non-hydrogen) atoms. The number of aryl methyl sites for hydroxylation is 2. The highest BCUT2D eigenvalue weighted by atomic mass is 32.2. The summed E-state index contributed by atoms with van der Waals surface area (Å²) in [5.74, 6) is -3.81. The van der Waals surface area contributed by atoms with Crippen molar-refractivity contribution in [3.05, 3.63) is 65.5 Å². The zero-order valence-corrected chi connectivity index (χ0v) is 33.3. The van der Waals surface area contributed by atoms with Gasteiger partial charge in [0.2, 0.25) is 11.8 Å². The molecular weight excluding hydrogens is 746 g/mol. The van der Waals surface area contributed by atoms with E-state index in [-0.39, 0.29) is 55.5 Å². The average molecular weight is 798 g/mol. The Labute approximate surface area is 327 Å². The summed E-state index contributed by atoms with van der Waals surface area (Å²) in [5, 5.41) is 5.48. The van der Waals surface area contributed by atoms with Gasteiger partial charge in [-0.15, -0.1) is 0 Å². The third-order valence-electron chi connectivity index (χ3n) is 11.0. The number of rotatable bonds is 5. The molecule has 7 atom stereocenters. The molecule has 3 fully saturated rings. The predicted molar refractivity (Wildman–Crippen MR) is 203 cm³/mol. The molecule has 16 heteroatoms. The van der Waals surface area contributed by atoms with E-state index in [1.54, 1.807) is 52.0 Å². The van der Waals surface area contributed by atoms with Crippen LogP contribution < -0.4 is 15.4 Å². The third-order valence-corrected chi connectivity index (χ3v) is 12.5. The van der Waals surface area contributed by atoms with Crippen LogP contribution in [0.3, 0.4) is 0 Å². The summed E-state index contributed by atoms with van der Waals surface area (Å²) >= 11 is 0. The van der Waals surface area contributed by atoms with E-state index in [4.69, 9.17) is 9.47 Å². The van der Waals surface area contributed by atoms with Crippen LogP contribution in [0.5, 0.6) is 0 Å². The van der Waals surface area contributed by atoms with E-state index in [9.17, 15) is 36.8 Å². The number of hydrogen-bond donors (Lipinski definition) is 3.